The lowest BCUT2D eigenvalue weighted by Gasteiger charge is -2.25. The van der Waals surface area contributed by atoms with Crippen molar-refractivity contribution in [1.82, 2.24) is 5.32 Å². The highest BCUT2D eigenvalue weighted by atomic mass is 19.1. The third-order valence-corrected chi connectivity index (χ3v) is 2.79. The van der Waals surface area contributed by atoms with Crippen molar-refractivity contribution in [3.63, 3.8) is 0 Å². The van der Waals surface area contributed by atoms with Crippen LogP contribution in [0.15, 0.2) is 30.3 Å². The number of carbonyl (C=O) groups is 1. The smallest absolute Gasteiger partial charge is 0.244 e. The summed E-state index contributed by atoms with van der Waals surface area (Å²) in [4.78, 5) is 11.6. The fraction of sp³-hybridized carbons (Fsp3) is 0.438. The molecular formula is C16H22FNO2. The number of halogens is 1. The molecule has 0 fully saturated rings. The molecule has 0 saturated carbocycles. The van der Waals surface area contributed by atoms with Crippen LogP contribution in [0.3, 0.4) is 0 Å². The number of aliphatic hydroxyl groups is 1. The lowest BCUT2D eigenvalue weighted by molar-refractivity contribution is -0.117. The van der Waals surface area contributed by atoms with Crippen LogP contribution in [0.2, 0.25) is 0 Å². The van der Waals surface area contributed by atoms with Crippen molar-refractivity contribution >= 4 is 12.0 Å². The predicted molar refractivity (Wildman–Crippen MR) is 78.5 cm³/mol. The van der Waals surface area contributed by atoms with Crippen LogP contribution in [0.5, 0.6) is 0 Å². The number of rotatable bonds is 6. The van der Waals surface area contributed by atoms with Gasteiger partial charge in [-0.05, 0) is 43.0 Å². The zero-order chi connectivity index (χ0) is 15.2. The van der Waals surface area contributed by atoms with Gasteiger partial charge in [-0.2, -0.15) is 0 Å². The molecular weight excluding hydrogens is 257 g/mol. The summed E-state index contributed by atoms with van der Waals surface area (Å²) in [5.74, 6) is -0.230. The second-order valence-electron chi connectivity index (χ2n) is 5.70. The molecule has 4 heteroatoms. The number of hydrogen-bond donors (Lipinski definition) is 2. The average molecular weight is 279 g/mol. The first-order chi connectivity index (χ1) is 9.28. The molecule has 0 aliphatic carbocycles. The summed E-state index contributed by atoms with van der Waals surface area (Å²) < 4.78 is 12.7. The predicted octanol–water partition coefficient (Wildman–Crippen LogP) is 2.75. The lowest BCUT2D eigenvalue weighted by Crippen LogP contribution is -2.40. The minimum atomic E-state index is -0.909. The van der Waals surface area contributed by atoms with Crippen LogP contribution < -0.4 is 5.32 Å². The van der Waals surface area contributed by atoms with E-state index < -0.39 is 5.60 Å². The van der Waals surface area contributed by atoms with E-state index in [-0.39, 0.29) is 18.3 Å². The maximum Gasteiger partial charge on any atom is 0.244 e. The van der Waals surface area contributed by atoms with E-state index in [4.69, 9.17) is 0 Å². The molecule has 1 amide bonds. The lowest BCUT2D eigenvalue weighted by atomic mass is 9.94. The van der Waals surface area contributed by atoms with Crippen molar-refractivity contribution in [3.8, 4) is 0 Å². The molecule has 1 unspecified atom stereocenters. The number of benzene rings is 1. The SMILES string of the molecule is CC(C)CC(C)(O)CNC(=O)C=Cc1ccc(F)cc1. The maximum atomic E-state index is 12.7. The van der Waals surface area contributed by atoms with Gasteiger partial charge in [-0.15, -0.1) is 0 Å². The quantitative estimate of drug-likeness (QED) is 0.787. The van der Waals surface area contributed by atoms with Crippen LogP contribution in [0.4, 0.5) is 4.39 Å². The number of amides is 1. The minimum Gasteiger partial charge on any atom is -0.388 e. The van der Waals surface area contributed by atoms with E-state index in [0.717, 1.165) is 5.56 Å². The van der Waals surface area contributed by atoms with Crippen LogP contribution >= 0.6 is 0 Å². The topological polar surface area (TPSA) is 49.3 Å². The van der Waals surface area contributed by atoms with Crippen LogP contribution in [0.25, 0.3) is 6.08 Å². The first-order valence-electron chi connectivity index (χ1n) is 6.72. The van der Waals surface area contributed by atoms with Crippen molar-refractivity contribution in [1.29, 1.82) is 0 Å². The minimum absolute atomic E-state index is 0.206. The Hall–Kier alpha value is -1.68. The molecule has 20 heavy (non-hydrogen) atoms. The molecule has 0 aliphatic rings. The van der Waals surface area contributed by atoms with Crippen LogP contribution in [-0.2, 0) is 4.79 Å². The van der Waals surface area contributed by atoms with Gasteiger partial charge >= 0.3 is 0 Å². The molecule has 0 bridgehead atoms. The van der Waals surface area contributed by atoms with Crippen molar-refractivity contribution in [2.75, 3.05) is 6.54 Å². The molecule has 2 N–H and O–H groups in total. The van der Waals surface area contributed by atoms with Gasteiger partial charge in [-0.25, -0.2) is 4.39 Å². The van der Waals surface area contributed by atoms with Gasteiger partial charge in [0, 0.05) is 12.6 Å². The van der Waals surface area contributed by atoms with E-state index in [2.05, 4.69) is 5.32 Å². The molecule has 0 saturated heterocycles. The average Bonchev–Trinajstić information content (AvgIpc) is 2.34. The molecule has 1 atom stereocenters. The number of carbonyl (C=O) groups excluding carboxylic acids is 1. The van der Waals surface area contributed by atoms with E-state index in [1.165, 1.54) is 18.2 Å². The van der Waals surface area contributed by atoms with E-state index in [1.807, 2.05) is 13.8 Å². The van der Waals surface area contributed by atoms with Gasteiger partial charge < -0.3 is 10.4 Å². The molecule has 1 aromatic rings. The highest BCUT2D eigenvalue weighted by Crippen LogP contribution is 2.15. The van der Waals surface area contributed by atoms with Crippen molar-refractivity contribution in [2.24, 2.45) is 5.92 Å². The monoisotopic (exact) mass is 279 g/mol. The van der Waals surface area contributed by atoms with E-state index in [9.17, 15) is 14.3 Å². The van der Waals surface area contributed by atoms with Gasteiger partial charge in [0.2, 0.25) is 5.91 Å². The summed E-state index contributed by atoms with van der Waals surface area (Å²) in [7, 11) is 0. The van der Waals surface area contributed by atoms with Gasteiger partial charge in [-0.3, -0.25) is 4.79 Å². The Morgan fingerprint density at radius 3 is 2.55 bits per heavy atom. The molecule has 0 radical (unpaired) electrons. The summed E-state index contributed by atoms with van der Waals surface area (Å²) in [6.07, 6.45) is 3.60. The molecule has 0 aromatic heterocycles. The zero-order valence-electron chi connectivity index (χ0n) is 12.2. The zero-order valence-corrected chi connectivity index (χ0v) is 12.2. The highest BCUT2D eigenvalue weighted by Gasteiger charge is 2.21. The Kier molecular flexibility index (Phi) is 5.89. The first-order valence-corrected chi connectivity index (χ1v) is 6.72. The summed E-state index contributed by atoms with van der Waals surface area (Å²) in [6, 6.07) is 5.86. The van der Waals surface area contributed by atoms with Gasteiger partial charge in [0.1, 0.15) is 5.82 Å². The van der Waals surface area contributed by atoms with Crippen LogP contribution in [0, 0.1) is 11.7 Å². The van der Waals surface area contributed by atoms with E-state index in [1.54, 1.807) is 25.1 Å². The molecule has 110 valence electrons. The van der Waals surface area contributed by atoms with Crippen LogP contribution in [0.1, 0.15) is 32.8 Å². The van der Waals surface area contributed by atoms with Crippen molar-refractivity contribution in [3.05, 3.63) is 41.7 Å². The Balaban J connectivity index is 2.45. The normalized spacial score (nSPS) is 14.5. The van der Waals surface area contributed by atoms with E-state index in [0.29, 0.717) is 12.3 Å². The van der Waals surface area contributed by atoms with Crippen molar-refractivity contribution < 1.29 is 14.3 Å². The molecule has 0 spiro atoms. The van der Waals surface area contributed by atoms with E-state index >= 15 is 0 Å². The molecule has 0 heterocycles. The molecule has 0 aliphatic heterocycles. The van der Waals surface area contributed by atoms with Gasteiger partial charge in [0.15, 0.2) is 0 Å². The maximum absolute atomic E-state index is 12.7. The third kappa shape index (κ3) is 6.48. The molecule has 1 aromatic carbocycles. The Morgan fingerprint density at radius 2 is 2.00 bits per heavy atom. The fourth-order valence-electron chi connectivity index (χ4n) is 2.03. The second-order valence-corrected chi connectivity index (χ2v) is 5.70. The number of hydrogen-bond acceptors (Lipinski definition) is 2. The molecule has 3 nitrogen and oxygen atoms in total. The number of nitrogens with one attached hydrogen (secondary N) is 1. The standard InChI is InChI=1S/C16H22FNO2/c1-12(2)10-16(3,20)11-18-15(19)9-6-13-4-7-14(17)8-5-13/h4-9,12,20H,10-11H2,1-3H3,(H,18,19). The van der Waals surface area contributed by atoms with Gasteiger partial charge in [0.05, 0.1) is 5.60 Å². The Morgan fingerprint density at radius 1 is 1.40 bits per heavy atom. The van der Waals surface area contributed by atoms with Gasteiger partial charge in [0.25, 0.3) is 0 Å². The summed E-state index contributed by atoms with van der Waals surface area (Å²) in [5, 5.41) is 12.7. The summed E-state index contributed by atoms with van der Waals surface area (Å²) in [6.45, 7) is 5.95. The second kappa shape index (κ2) is 7.20. The summed E-state index contributed by atoms with van der Waals surface area (Å²) in [5.41, 5.74) is -0.163. The van der Waals surface area contributed by atoms with Crippen molar-refractivity contribution in [2.45, 2.75) is 32.8 Å². The fourth-order valence-corrected chi connectivity index (χ4v) is 2.03. The third-order valence-electron chi connectivity index (χ3n) is 2.79. The Labute approximate surface area is 119 Å². The Bertz CT molecular complexity index is 464. The summed E-state index contributed by atoms with van der Waals surface area (Å²) >= 11 is 0. The molecule has 1 rings (SSSR count). The highest BCUT2D eigenvalue weighted by molar-refractivity contribution is 5.91. The largest absolute Gasteiger partial charge is 0.388 e. The first kappa shape index (κ1) is 16.4. The van der Waals surface area contributed by atoms with Gasteiger partial charge in [-0.1, -0.05) is 26.0 Å². The van der Waals surface area contributed by atoms with Crippen LogP contribution in [-0.4, -0.2) is 23.2 Å².